The van der Waals surface area contributed by atoms with Crippen molar-refractivity contribution in [3.63, 3.8) is 0 Å². The van der Waals surface area contributed by atoms with E-state index in [2.05, 4.69) is 0 Å². The molecule has 0 saturated carbocycles. The smallest absolute Gasteiger partial charge is 0.347 e. The third-order valence-electron chi connectivity index (χ3n) is 3.36. The van der Waals surface area contributed by atoms with Crippen LogP contribution < -0.4 is 0 Å². The van der Waals surface area contributed by atoms with Crippen molar-refractivity contribution in [3.05, 3.63) is 0 Å². The Balaban J connectivity index is -0.000000605. The van der Waals surface area contributed by atoms with Gasteiger partial charge in [0.25, 0.3) is 11.8 Å². The molecule has 0 aromatic heterocycles. The van der Waals surface area contributed by atoms with E-state index in [9.17, 15) is 14.4 Å². The third kappa shape index (κ3) is 10.5. The molecule has 0 N–H and O–H groups in total. The summed E-state index contributed by atoms with van der Waals surface area (Å²) in [4.78, 5) is 41.6. The summed E-state index contributed by atoms with van der Waals surface area (Å²) < 4.78 is 10.1. The maximum Gasteiger partial charge on any atom is 0.347 e. The Hall–Kier alpha value is -1.51. The highest BCUT2D eigenvalue weighted by Gasteiger charge is 2.33. The predicted molar refractivity (Wildman–Crippen MR) is 104 cm³/mol. The fourth-order valence-corrected chi connectivity index (χ4v) is 2.17. The molecule has 1 saturated heterocycles. The molecular weight excluding hydrogens is 340 g/mol. The van der Waals surface area contributed by atoms with E-state index in [0.717, 1.165) is 6.42 Å². The molecule has 1 fully saturated rings. The van der Waals surface area contributed by atoms with Gasteiger partial charge in [-0.15, -0.1) is 5.06 Å². The molecule has 0 spiro atoms. The first kappa shape index (κ1) is 32.2. The normalized spacial score (nSPS) is 13.9. The average Bonchev–Trinajstić information content (AvgIpc) is 2.78. The minimum Gasteiger partial charge on any atom is -0.385 e. The Kier molecular flexibility index (Phi) is 21.0. The number of hydroxylamine groups is 2. The number of hydrogen-bond donors (Lipinski definition) is 0. The first-order valence-electron chi connectivity index (χ1n) is 7.28. The van der Waals surface area contributed by atoms with Gasteiger partial charge in [-0.1, -0.05) is 29.7 Å². The maximum absolute atomic E-state index is 12.0. The van der Waals surface area contributed by atoms with Crippen LogP contribution in [0.3, 0.4) is 0 Å². The quantitative estimate of drug-likeness (QED) is 0.425. The van der Waals surface area contributed by atoms with Crippen LogP contribution in [0.5, 0.6) is 0 Å². The van der Waals surface area contributed by atoms with Crippen LogP contribution in [0.15, 0.2) is 0 Å². The van der Waals surface area contributed by atoms with Crippen LogP contribution in [-0.4, -0.2) is 74.3 Å². The van der Waals surface area contributed by atoms with Crippen molar-refractivity contribution in [1.29, 1.82) is 0 Å². The summed E-state index contributed by atoms with van der Waals surface area (Å²) in [5, 5.41) is 0.566. The Morgan fingerprint density at radius 1 is 1.08 bits per heavy atom. The lowest BCUT2D eigenvalue weighted by molar-refractivity contribution is -0.198. The van der Waals surface area contributed by atoms with Crippen molar-refractivity contribution in [2.45, 2.75) is 61.9 Å². The fourth-order valence-electron chi connectivity index (χ4n) is 2.17. The molecule has 0 aliphatic carbocycles. The molecule has 1 rings (SSSR count). The first-order chi connectivity index (χ1) is 10.5. The van der Waals surface area contributed by atoms with Crippen molar-refractivity contribution in [2.24, 2.45) is 0 Å². The zero-order chi connectivity index (χ0) is 16.5. The number of imide groups is 1. The van der Waals surface area contributed by atoms with Gasteiger partial charge in [0.15, 0.2) is 0 Å². The Morgan fingerprint density at radius 2 is 1.62 bits per heavy atom. The lowest BCUT2D eigenvalue weighted by atomic mass is 10.2. The summed E-state index contributed by atoms with van der Waals surface area (Å²) in [5.74, 6) is -1.59. The van der Waals surface area contributed by atoms with Crippen molar-refractivity contribution >= 4 is 17.8 Å². The van der Waals surface area contributed by atoms with Gasteiger partial charge in [-0.05, 0) is 13.3 Å². The van der Waals surface area contributed by atoms with E-state index in [1.807, 2.05) is 11.8 Å². The zero-order valence-corrected chi connectivity index (χ0v) is 13.4. The van der Waals surface area contributed by atoms with Gasteiger partial charge in [0.2, 0.25) is 0 Å². The van der Waals surface area contributed by atoms with Crippen molar-refractivity contribution in [2.75, 3.05) is 40.5 Å². The molecule has 0 aromatic rings. The highest BCUT2D eigenvalue weighted by atomic mass is 16.7. The molecule has 1 unspecified atom stereocenters. The maximum atomic E-state index is 12.0. The Morgan fingerprint density at radius 3 is 2.08 bits per heavy atom. The van der Waals surface area contributed by atoms with Crippen molar-refractivity contribution in [1.82, 2.24) is 9.96 Å². The van der Waals surface area contributed by atoms with Crippen LogP contribution in [0.4, 0.5) is 0 Å². The van der Waals surface area contributed by atoms with Gasteiger partial charge in [-0.3, -0.25) is 14.5 Å². The van der Waals surface area contributed by atoms with E-state index in [0.29, 0.717) is 24.8 Å². The van der Waals surface area contributed by atoms with E-state index in [1.54, 1.807) is 14.2 Å². The number of ether oxygens (including phenoxy) is 2. The number of methoxy groups -OCH3 is 2. The lowest BCUT2D eigenvalue weighted by Gasteiger charge is -2.27. The van der Waals surface area contributed by atoms with E-state index in [4.69, 9.17) is 14.3 Å². The molecule has 1 atom stereocenters. The summed E-state index contributed by atoms with van der Waals surface area (Å²) in [6.45, 7) is 3.56. The summed E-state index contributed by atoms with van der Waals surface area (Å²) >= 11 is 0. The molecule has 0 bridgehead atoms. The summed E-state index contributed by atoms with van der Waals surface area (Å²) in [6.07, 6.45) is 0.924. The fraction of sp³-hybridized carbons (Fsp3) is 0.833. The number of amides is 2. The van der Waals surface area contributed by atoms with E-state index in [-0.39, 0.29) is 55.1 Å². The number of rotatable bonds is 10. The van der Waals surface area contributed by atoms with Crippen molar-refractivity contribution < 1.29 is 28.7 Å². The summed E-state index contributed by atoms with van der Waals surface area (Å²) in [5.41, 5.74) is 0. The standard InChI is InChI=1S/C14H24N2O6.4CH4/c1-11(10-21-3)15(7-4-8-20-2)9-14(19)22-16-12(17)5-6-13(16)18;;;;/h11H,4-10H2,1-3H3;4*1H4. The van der Waals surface area contributed by atoms with E-state index >= 15 is 0 Å². The molecule has 1 heterocycles. The highest BCUT2D eigenvalue weighted by molar-refractivity contribution is 6.01. The first-order valence-corrected chi connectivity index (χ1v) is 7.28. The summed E-state index contributed by atoms with van der Waals surface area (Å²) in [7, 11) is 3.20. The molecule has 158 valence electrons. The Bertz CT molecular complexity index is 387. The van der Waals surface area contributed by atoms with Crippen LogP contribution in [0.25, 0.3) is 0 Å². The molecule has 0 radical (unpaired) electrons. The second-order valence-electron chi connectivity index (χ2n) is 5.17. The van der Waals surface area contributed by atoms with Gasteiger partial charge in [0, 0.05) is 46.3 Å². The molecule has 8 nitrogen and oxygen atoms in total. The number of carbonyl (C=O) groups is 3. The molecule has 8 heteroatoms. The molecule has 2 amide bonds. The largest absolute Gasteiger partial charge is 0.385 e. The van der Waals surface area contributed by atoms with E-state index < -0.39 is 17.8 Å². The highest BCUT2D eigenvalue weighted by Crippen LogP contribution is 2.12. The minimum absolute atomic E-state index is 0. The van der Waals surface area contributed by atoms with Crippen LogP contribution in [0.2, 0.25) is 0 Å². The van der Waals surface area contributed by atoms with Crippen molar-refractivity contribution in [3.8, 4) is 0 Å². The Labute approximate surface area is 159 Å². The second-order valence-corrected chi connectivity index (χ2v) is 5.17. The van der Waals surface area contributed by atoms with Gasteiger partial charge in [-0.2, -0.15) is 0 Å². The minimum atomic E-state index is -0.635. The monoisotopic (exact) mass is 380 g/mol. The van der Waals surface area contributed by atoms with Crippen LogP contribution in [-0.2, 0) is 28.7 Å². The van der Waals surface area contributed by atoms with Gasteiger partial charge in [0.1, 0.15) is 0 Å². The number of nitrogens with zero attached hydrogens (tertiary/aromatic N) is 2. The zero-order valence-electron chi connectivity index (χ0n) is 13.4. The van der Waals surface area contributed by atoms with Gasteiger partial charge < -0.3 is 14.3 Å². The van der Waals surface area contributed by atoms with Gasteiger partial charge in [-0.25, -0.2) is 4.79 Å². The van der Waals surface area contributed by atoms with Gasteiger partial charge >= 0.3 is 5.97 Å². The number of carbonyl (C=O) groups excluding carboxylic acids is 3. The topological polar surface area (TPSA) is 85.4 Å². The molecule has 1 aliphatic heterocycles. The van der Waals surface area contributed by atoms with E-state index in [1.165, 1.54) is 0 Å². The molecule has 26 heavy (non-hydrogen) atoms. The number of hydrogen-bond acceptors (Lipinski definition) is 7. The molecule has 0 aromatic carbocycles. The van der Waals surface area contributed by atoms with Crippen LogP contribution >= 0.6 is 0 Å². The van der Waals surface area contributed by atoms with Gasteiger partial charge in [0.05, 0.1) is 13.2 Å². The molecular formula is C18H40N2O6. The molecule has 1 aliphatic rings. The summed E-state index contributed by atoms with van der Waals surface area (Å²) in [6, 6.07) is -0.000567. The average molecular weight is 381 g/mol. The van der Waals surface area contributed by atoms with Crippen LogP contribution in [0, 0.1) is 0 Å². The second kappa shape index (κ2) is 16.9. The van der Waals surface area contributed by atoms with Crippen LogP contribution in [0.1, 0.15) is 55.9 Å². The predicted octanol–water partition coefficient (Wildman–Crippen LogP) is 2.51. The lowest BCUT2D eigenvalue weighted by Crippen LogP contribution is -2.43. The SMILES string of the molecule is C.C.C.C.COCCCN(CC(=O)ON1C(=O)CCC1=O)C(C)COC. The third-order valence-corrected chi connectivity index (χ3v) is 3.36.